The van der Waals surface area contributed by atoms with E-state index in [1.165, 1.54) is 0 Å². The van der Waals surface area contributed by atoms with Crippen molar-refractivity contribution in [3.8, 4) is 22.5 Å². The minimum absolute atomic E-state index is 0.0672. The Kier molecular flexibility index (Phi) is 10.5. The Morgan fingerprint density at radius 3 is 2.52 bits per heavy atom. The van der Waals surface area contributed by atoms with Crippen LogP contribution in [0.5, 0.6) is 0 Å². The summed E-state index contributed by atoms with van der Waals surface area (Å²) in [4.78, 5) is 39.1. The van der Waals surface area contributed by atoms with Gasteiger partial charge in [0.05, 0.1) is 31.1 Å². The van der Waals surface area contributed by atoms with Crippen LogP contribution in [0.3, 0.4) is 0 Å². The lowest BCUT2D eigenvalue weighted by molar-refractivity contribution is -0.125. The van der Waals surface area contributed by atoms with Crippen molar-refractivity contribution in [3.63, 3.8) is 0 Å². The molecule has 0 aliphatic carbocycles. The van der Waals surface area contributed by atoms with E-state index in [-0.39, 0.29) is 30.4 Å². The number of hydrogen-bond donors (Lipinski definition) is 2. The first-order valence-electron chi connectivity index (χ1n) is 14.0. The van der Waals surface area contributed by atoms with Crippen molar-refractivity contribution in [3.05, 3.63) is 54.1 Å². The first kappa shape index (κ1) is 29.1. The van der Waals surface area contributed by atoms with Gasteiger partial charge >= 0.3 is 0 Å². The number of carbonyl (C=O) groups excluding carboxylic acids is 3. The molecular formula is C30H38N6O4. The zero-order valence-corrected chi connectivity index (χ0v) is 23.3. The second-order valence-corrected chi connectivity index (χ2v) is 9.73. The van der Waals surface area contributed by atoms with Crippen LogP contribution in [0.15, 0.2) is 48.5 Å². The number of hydrogen-bond acceptors (Lipinski definition) is 7. The molecule has 0 saturated carbocycles. The zero-order valence-electron chi connectivity index (χ0n) is 23.3. The zero-order chi connectivity index (χ0) is 28.3. The van der Waals surface area contributed by atoms with E-state index in [0.29, 0.717) is 39.1 Å². The first-order chi connectivity index (χ1) is 19.5. The van der Waals surface area contributed by atoms with Gasteiger partial charge in [-0.05, 0) is 31.6 Å². The fraction of sp³-hybridized carbons (Fsp3) is 0.433. The third-order valence-electron chi connectivity index (χ3n) is 6.94. The van der Waals surface area contributed by atoms with Gasteiger partial charge in [-0.2, -0.15) is 0 Å². The number of rotatable bonds is 14. The number of para-hydroxylation sites is 1. The number of amides is 2. The number of Topliss-reactive ketones (excluding diaryl/α,β-unsaturated/α-hetero) is 1. The average Bonchev–Trinajstić information content (AvgIpc) is 3.38. The van der Waals surface area contributed by atoms with Crippen molar-refractivity contribution in [1.82, 2.24) is 25.6 Å². The summed E-state index contributed by atoms with van der Waals surface area (Å²) in [6, 6.07) is 15.8. The Bertz CT molecular complexity index is 1320. The molecule has 0 saturated heterocycles. The largest absolute Gasteiger partial charge is 0.379 e. The molecule has 212 valence electrons. The summed E-state index contributed by atoms with van der Waals surface area (Å²) >= 11 is 0. The molecule has 0 bridgehead atoms. The fourth-order valence-electron chi connectivity index (χ4n) is 4.77. The highest BCUT2D eigenvalue weighted by atomic mass is 16.5. The average molecular weight is 547 g/mol. The van der Waals surface area contributed by atoms with Crippen LogP contribution in [-0.2, 0) is 32.2 Å². The maximum Gasteiger partial charge on any atom is 0.227 e. The Morgan fingerprint density at radius 2 is 1.73 bits per heavy atom. The van der Waals surface area contributed by atoms with Crippen molar-refractivity contribution in [2.75, 3.05) is 38.3 Å². The molecule has 0 radical (unpaired) electrons. The number of carbonyl (C=O) groups is 3. The van der Waals surface area contributed by atoms with Crippen LogP contribution >= 0.6 is 0 Å². The predicted octanol–water partition coefficient (Wildman–Crippen LogP) is 3.35. The summed E-state index contributed by atoms with van der Waals surface area (Å²) in [6.45, 7) is 4.80. The molecule has 2 N–H and O–H groups in total. The van der Waals surface area contributed by atoms with Crippen LogP contribution in [-0.4, -0.2) is 65.9 Å². The van der Waals surface area contributed by atoms with Gasteiger partial charge in [0.2, 0.25) is 11.8 Å². The van der Waals surface area contributed by atoms with Gasteiger partial charge in [-0.1, -0.05) is 54.6 Å². The standard InChI is InChI=1S/C30H38N6O4/c1-3-23(37)15-19-40-20-17-32-27(38)13-14-28(39)35-21-22-9-4-5-10-24(22)30-29(25-11-6-7-12-26(25)35)33-34-36(30)18-8-16-31-2/h4-7,9-12,31H,3,8,13-21H2,1-2H3,(H,32,38). The van der Waals surface area contributed by atoms with E-state index < -0.39 is 0 Å². The fourth-order valence-corrected chi connectivity index (χ4v) is 4.77. The molecule has 0 unspecified atom stereocenters. The van der Waals surface area contributed by atoms with E-state index in [0.717, 1.165) is 53.3 Å². The van der Waals surface area contributed by atoms with Crippen LogP contribution in [0.1, 0.15) is 44.6 Å². The normalized spacial score (nSPS) is 12.1. The molecule has 2 aromatic carbocycles. The van der Waals surface area contributed by atoms with Crippen LogP contribution < -0.4 is 15.5 Å². The lowest BCUT2D eigenvalue weighted by Gasteiger charge is -2.28. The maximum absolute atomic E-state index is 13.6. The quantitative estimate of drug-likeness (QED) is 0.298. The molecule has 10 heteroatoms. The van der Waals surface area contributed by atoms with Gasteiger partial charge in [0.25, 0.3) is 0 Å². The lowest BCUT2D eigenvalue weighted by atomic mass is 9.95. The Labute approximate surface area is 235 Å². The van der Waals surface area contributed by atoms with Crippen LogP contribution in [0.2, 0.25) is 0 Å². The molecule has 0 atom stereocenters. The van der Waals surface area contributed by atoms with Crippen LogP contribution in [0.25, 0.3) is 22.5 Å². The SMILES string of the molecule is CCC(=O)CCOCCNC(=O)CCC(=O)N1Cc2ccccc2-c2c(nnn2CCCNC)-c2ccccc21. The van der Waals surface area contributed by atoms with E-state index >= 15 is 0 Å². The summed E-state index contributed by atoms with van der Waals surface area (Å²) in [5, 5.41) is 15.0. The van der Waals surface area contributed by atoms with Crippen molar-refractivity contribution < 1.29 is 19.1 Å². The van der Waals surface area contributed by atoms with Crippen LogP contribution in [0, 0.1) is 0 Å². The number of nitrogens with one attached hydrogen (secondary N) is 2. The molecule has 1 aliphatic heterocycles. The Balaban J connectivity index is 1.48. The molecule has 0 spiro atoms. The van der Waals surface area contributed by atoms with Crippen molar-refractivity contribution in [2.45, 2.75) is 52.1 Å². The van der Waals surface area contributed by atoms with E-state index in [2.05, 4.69) is 27.0 Å². The van der Waals surface area contributed by atoms with Gasteiger partial charge in [-0.15, -0.1) is 5.10 Å². The number of ketones is 1. The smallest absolute Gasteiger partial charge is 0.227 e. The topological polar surface area (TPSA) is 118 Å². The molecule has 1 aliphatic rings. The predicted molar refractivity (Wildman–Crippen MR) is 154 cm³/mol. The minimum atomic E-state index is -0.214. The molecule has 2 heterocycles. The van der Waals surface area contributed by atoms with E-state index in [9.17, 15) is 14.4 Å². The molecule has 10 nitrogen and oxygen atoms in total. The number of nitrogens with zero attached hydrogens (tertiary/aromatic N) is 4. The van der Waals surface area contributed by atoms with Gasteiger partial charge in [0, 0.05) is 49.9 Å². The maximum atomic E-state index is 13.6. The van der Waals surface area contributed by atoms with E-state index in [1.54, 1.807) is 4.90 Å². The number of fused-ring (bicyclic) bond motifs is 5. The van der Waals surface area contributed by atoms with Gasteiger partial charge < -0.3 is 20.3 Å². The van der Waals surface area contributed by atoms with Gasteiger partial charge in [-0.25, -0.2) is 4.68 Å². The highest BCUT2D eigenvalue weighted by Crippen LogP contribution is 2.41. The molecule has 1 aromatic heterocycles. The number of benzene rings is 2. The third-order valence-corrected chi connectivity index (χ3v) is 6.94. The van der Waals surface area contributed by atoms with Crippen molar-refractivity contribution in [2.24, 2.45) is 0 Å². The molecule has 0 fully saturated rings. The number of ether oxygens (including phenoxy) is 1. The van der Waals surface area contributed by atoms with E-state index in [1.807, 2.05) is 61.1 Å². The molecule has 3 aromatic rings. The van der Waals surface area contributed by atoms with Gasteiger partial charge in [0.15, 0.2) is 0 Å². The summed E-state index contributed by atoms with van der Waals surface area (Å²) in [6.07, 6.45) is 1.93. The molecular weight excluding hydrogens is 508 g/mol. The Hall–Kier alpha value is -3.89. The molecule has 4 rings (SSSR count). The second kappa shape index (κ2) is 14.5. The molecule has 40 heavy (non-hydrogen) atoms. The van der Waals surface area contributed by atoms with Crippen molar-refractivity contribution >= 4 is 23.3 Å². The number of aryl methyl sites for hydroxylation is 1. The number of anilines is 1. The summed E-state index contributed by atoms with van der Waals surface area (Å²) in [5.74, 6) is -0.202. The Morgan fingerprint density at radius 1 is 0.950 bits per heavy atom. The van der Waals surface area contributed by atoms with Gasteiger partial charge in [0.1, 0.15) is 11.5 Å². The lowest BCUT2D eigenvalue weighted by Crippen LogP contribution is -2.34. The highest BCUT2D eigenvalue weighted by molar-refractivity contribution is 6.01. The van der Waals surface area contributed by atoms with Crippen molar-refractivity contribution in [1.29, 1.82) is 0 Å². The van der Waals surface area contributed by atoms with Gasteiger partial charge in [-0.3, -0.25) is 14.4 Å². The molecule has 2 amide bonds. The summed E-state index contributed by atoms with van der Waals surface area (Å²) in [7, 11) is 1.93. The second-order valence-electron chi connectivity index (χ2n) is 9.73. The van der Waals surface area contributed by atoms with Crippen LogP contribution in [0.4, 0.5) is 5.69 Å². The van der Waals surface area contributed by atoms with E-state index in [4.69, 9.17) is 4.74 Å². The number of aromatic nitrogens is 3. The summed E-state index contributed by atoms with van der Waals surface area (Å²) in [5.41, 5.74) is 5.27. The minimum Gasteiger partial charge on any atom is -0.379 e. The first-order valence-corrected chi connectivity index (χ1v) is 14.0. The highest BCUT2D eigenvalue weighted by Gasteiger charge is 2.29. The monoisotopic (exact) mass is 546 g/mol. The summed E-state index contributed by atoms with van der Waals surface area (Å²) < 4.78 is 7.36. The third kappa shape index (κ3) is 7.19.